The van der Waals surface area contributed by atoms with Crippen LogP contribution in [-0.2, 0) is 0 Å². The standard InChI is InChI=1S/C15H22BrNO2/c1-11(18)12-6-8-17(9-7-12)10-15(19)13-2-4-14(16)5-3-13/h2-5,11-12,15,18-19H,6-10H2,1H3. The fraction of sp³-hybridized carbons (Fsp3) is 0.600. The summed E-state index contributed by atoms with van der Waals surface area (Å²) in [7, 11) is 0. The van der Waals surface area contributed by atoms with Crippen LogP contribution in [0.5, 0.6) is 0 Å². The molecule has 2 atom stereocenters. The number of aliphatic hydroxyl groups excluding tert-OH is 2. The molecular formula is C15H22BrNO2. The van der Waals surface area contributed by atoms with E-state index in [4.69, 9.17) is 0 Å². The van der Waals surface area contributed by atoms with Crippen molar-refractivity contribution < 1.29 is 10.2 Å². The minimum atomic E-state index is -0.434. The summed E-state index contributed by atoms with van der Waals surface area (Å²) in [5, 5.41) is 19.8. The molecule has 0 amide bonds. The fourth-order valence-electron chi connectivity index (χ4n) is 2.65. The number of aliphatic hydroxyl groups is 2. The van der Waals surface area contributed by atoms with Gasteiger partial charge in [0.25, 0.3) is 0 Å². The molecule has 1 aromatic carbocycles. The third-order valence-electron chi connectivity index (χ3n) is 4.00. The number of rotatable bonds is 4. The predicted octanol–water partition coefficient (Wildman–Crippen LogP) is 2.58. The van der Waals surface area contributed by atoms with E-state index in [1.165, 1.54) is 0 Å². The lowest BCUT2D eigenvalue weighted by Gasteiger charge is -2.34. The van der Waals surface area contributed by atoms with Gasteiger partial charge in [-0.25, -0.2) is 0 Å². The molecule has 0 bridgehead atoms. The molecule has 1 aliphatic rings. The molecule has 3 nitrogen and oxygen atoms in total. The SMILES string of the molecule is CC(O)C1CCN(CC(O)c2ccc(Br)cc2)CC1. The Morgan fingerprint density at radius 2 is 1.79 bits per heavy atom. The second kappa shape index (κ2) is 6.84. The molecule has 1 heterocycles. The van der Waals surface area contributed by atoms with Crippen molar-refractivity contribution in [2.24, 2.45) is 5.92 Å². The largest absolute Gasteiger partial charge is 0.393 e. The monoisotopic (exact) mass is 327 g/mol. The highest BCUT2D eigenvalue weighted by atomic mass is 79.9. The zero-order valence-corrected chi connectivity index (χ0v) is 12.9. The molecule has 19 heavy (non-hydrogen) atoms. The van der Waals surface area contributed by atoms with Gasteiger partial charge in [-0.1, -0.05) is 28.1 Å². The van der Waals surface area contributed by atoms with E-state index < -0.39 is 6.10 Å². The molecule has 4 heteroatoms. The van der Waals surface area contributed by atoms with E-state index in [1.54, 1.807) is 0 Å². The molecule has 2 unspecified atom stereocenters. The molecule has 1 saturated heterocycles. The van der Waals surface area contributed by atoms with Gasteiger partial charge in [-0.15, -0.1) is 0 Å². The topological polar surface area (TPSA) is 43.7 Å². The normalized spacial score (nSPS) is 21.3. The second-order valence-corrected chi connectivity index (χ2v) is 6.36. The van der Waals surface area contributed by atoms with Crippen LogP contribution in [-0.4, -0.2) is 40.9 Å². The van der Waals surface area contributed by atoms with Gasteiger partial charge in [0.2, 0.25) is 0 Å². The highest BCUT2D eigenvalue weighted by Crippen LogP contribution is 2.23. The predicted molar refractivity (Wildman–Crippen MR) is 79.9 cm³/mol. The molecular weight excluding hydrogens is 306 g/mol. The Labute approximate surface area is 123 Å². The molecule has 106 valence electrons. The van der Waals surface area contributed by atoms with Crippen molar-refractivity contribution in [3.63, 3.8) is 0 Å². The smallest absolute Gasteiger partial charge is 0.0916 e. The Morgan fingerprint density at radius 3 is 2.32 bits per heavy atom. The molecule has 0 radical (unpaired) electrons. The van der Waals surface area contributed by atoms with Gasteiger partial charge in [-0.05, 0) is 56.5 Å². The molecule has 0 spiro atoms. The second-order valence-electron chi connectivity index (χ2n) is 5.45. The summed E-state index contributed by atoms with van der Waals surface area (Å²) in [4.78, 5) is 2.28. The Morgan fingerprint density at radius 1 is 1.21 bits per heavy atom. The number of hydrogen-bond acceptors (Lipinski definition) is 3. The fourth-order valence-corrected chi connectivity index (χ4v) is 2.92. The lowest BCUT2D eigenvalue weighted by molar-refractivity contribution is 0.0485. The highest BCUT2D eigenvalue weighted by Gasteiger charge is 2.24. The van der Waals surface area contributed by atoms with Crippen LogP contribution in [0.25, 0.3) is 0 Å². The van der Waals surface area contributed by atoms with Gasteiger partial charge in [0.15, 0.2) is 0 Å². The summed E-state index contributed by atoms with van der Waals surface area (Å²) in [6.07, 6.45) is 1.39. The molecule has 1 aliphatic heterocycles. The Hall–Kier alpha value is -0.420. The Kier molecular flexibility index (Phi) is 5.39. The van der Waals surface area contributed by atoms with Crippen molar-refractivity contribution in [2.45, 2.75) is 32.0 Å². The summed E-state index contributed by atoms with van der Waals surface area (Å²) < 4.78 is 1.03. The van der Waals surface area contributed by atoms with Crippen molar-refractivity contribution in [1.29, 1.82) is 0 Å². The summed E-state index contributed by atoms with van der Waals surface area (Å²) in [5.74, 6) is 0.418. The first-order valence-corrected chi connectivity index (χ1v) is 7.69. The number of nitrogens with zero attached hydrogens (tertiary/aromatic N) is 1. The summed E-state index contributed by atoms with van der Waals surface area (Å²) >= 11 is 3.40. The molecule has 2 rings (SSSR count). The lowest BCUT2D eigenvalue weighted by Crippen LogP contribution is -2.39. The van der Waals surface area contributed by atoms with E-state index in [2.05, 4.69) is 20.8 Å². The Balaban J connectivity index is 1.83. The quantitative estimate of drug-likeness (QED) is 0.893. The summed E-state index contributed by atoms with van der Waals surface area (Å²) in [6.45, 7) is 4.47. The number of benzene rings is 1. The van der Waals surface area contributed by atoms with Crippen LogP contribution in [0.3, 0.4) is 0 Å². The van der Waals surface area contributed by atoms with Gasteiger partial charge < -0.3 is 15.1 Å². The third-order valence-corrected chi connectivity index (χ3v) is 4.53. The minimum Gasteiger partial charge on any atom is -0.393 e. The average Bonchev–Trinajstić information content (AvgIpc) is 2.40. The zero-order valence-electron chi connectivity index (χ0n) is 11.3. The van der Waals surface area contributed by atoms with Crippen LogP contribution in [0, 0.1) is 5.92 Å². The van der Waals surface area contributed by atoms with Crippen molar-refractivity contribution in [1.82, 2.24) is 4.90 Å². The lowest BCUT2D eigenvalue weighted by atomic mass is 9.92. The van der Waals surface area contributed by atoms with Crippen molar-refractivity contribution >= 4 is 15.9 Å². The zero-order chi connectivity index (χ0) is 13.8. The molecule has 2 N–H and O–H groups in total. The van der Waals surface area contributed by atoms with Crippen LogP contribution < -0.4 is 0 Å². The molecule has 1 aromatic rings. The van der Waals surface area contributed by atoms with E-state index in [0.717, 1.165) is 36.0 Å². The van der Waals surface area contributed by atoms with Crippen LogP contribution in [0.15, 0.2) is 28.7 Å². The number of likely N-dealkylation sites (tertiary alicyclic amines) is 1. The third kappa shape index (κ3) is 4.28. The van der Waals surface area contributed by atoms with E-state index in [9.17, 15) is 10.2 Å². The molecule has 0 saturated carbocycles. The number of halogens is 1. The van der Waals surface area contributed by atoms with Crippen LogP contribution in [0.2, 0.25) is 0 Å². The van der Waals surface area contributed by atoms with Gasteiger partial charge in [0.1, 0.15) is 0 Å². The maximum Gasteiger partial charge on any atom is 0.0916 e. The van der Waals surface area contributed by atoms with Crippen molar-refractivity contribution in [3.8, 4) is 0 Å². The maximum absolute atomic E-state index is 10.2. The molecule has 0 aliphatic carbocycles. The summed E-state index contributed by atoms with van der Waals surface area (Å²) in [5.41, 5.74) is 0.959. The van der Waals surface area contributed by atoms with Crippen LogP contribution in [0.4, 0.5) is 0 Å². The van der Waals surface area contributed by atoms with Gasteiger partial charge in [-0.2, -0.15) is 0 Å². The number of hydrogen-bond donors (Lipinski definition) is 2. The van der Waals surface area contributed by atoms with E-state index in [0.29, 0.717) is 12.5 Å². The van der Waals surface area contributed by atoms with Gasteiger partial charge in [0.05, 0.1) is 12.2 Å². The first-order valence-electron chi connectivity index (χ1n) is 6.90. The maximum atomic E-state index is 10.2. The van der Waals surface area contributed by atoms with E-state index in [-0.39, 0.29) is 6.10 Å². The minimum absolute atomic E-state index is 0.210. The first kappa shape index (κ1) is 15.0. The molecule has 1 fully saturated rings. The highest BCUT2D eigenvalue weighted by molar-refractivity contribution is 9.10. The number of β-amino-alcohol motifs (C(OH)–C–C–N with tert-alkyl or cyclic N) is 1. The number of piperidine rings is 1. The van der Waals surface area contributed by atoms with Crippen molar-refractivity contribution in [2.75, 3.05) is 19.6 Å². The molecule has 0 aromatic heterocycles. The van der Waals surface area contributed by atoms with Gasteiger partial charge in [0, 0.05) is 11.0 Å². The average molecular weight is 328 g/mol. The van der Waals surface area contributed by atoms with Crippen molar-refractivity contribution in [3.05, 3.63) is 34.3 Å². The van der Waals surface area contributed by atoms with E-state index >= 15 is 0 Å². The van der Waals surface area contributed by atoms with Gasteiger partial charge in [-0.3, -0.25) is 0 Å². The van der Waals surface area contributed by atoms with Gasteiger partial charge >= 0.3 is 0 Å². The summed E-state index contributed by atoms with van der Waals surface area (Å²) in [6, 6.07) is 7.82. The first-order chi connectivity index (χ1) is 9.06. The Bertz CT molecular complexity index is 386. The van der Waals surface area contributed by atoms with E-state index in [1.807, 2.05) is 31.2 Å². The van der Waals surface area contributed by atoms with Crippen LogP contribution >= 0.6 is 15.9 Å². The van der Waals surface area contributed by atoms with Crippen LogP contribution in [0.1, 0.15) is 31.4 Å².